The van der Waals surface area contributed by atoms with Gasteiger partial charge in [0.05, 0.1) is 18.7 Å². The second kappa shape index (κ2) is 6.95. The van der Waals surface area contributed by atoms with Crippen LogP contribution in [0.15, 0.2) is 34.8 Å². The normalized spacial score (nSPS) is 18.4. The minimum atomic E-state index is -1.93. The summed E-state index contributed by atoms with van der Waals surface area (Å²) >= 11 is 3.37. The second-order valence-corrected chi connectivity index (χ2v) is 7.88. The molecular formula is C22H20BrNO3. The number of aryl methyl sites for hydroxylation is 3. The standard InChI is InChI=1S/C22H20BrNO3/c1-5-8-24-19-7-6-16(23)11-18(19)22(27,21(24)26)12-20(25)17-10-14(3)13(2)9-15(17)4/h1,6-7,9-11,27H,8,12H2,2-4H3/t22-/m1/s1. The summed E-state index contributed by atoms with van der Waals surface area (Å²) in [4.78, 5) is 27.3. The molecule has 1 atom stereocenters. The molecule has 0 radical (unpaired) electrons. The van der Waals surface area contributed by atoms with E-state index in [1.165, 1.54) is 4.90 Å². The minimum absolute atomic E-state index is 0.0344. The van der Waals surface area contributed by atoms with E-state index in [2.05, 4.69) is 21.9 Å². The van der Waals surface area contributed by atoms with E-state index in [-0.39, 0.29) is 18.7 Å². The van der Waals surface area contributed by atoms with Gasteiger partial charge in [-0.15, -0.1) is 6.42 Å². The third-order valence-electron chi connectivity index (χ3n) is 5.10. The Morgan fingerprint density at radius 1 is 1.19 bits per heavy atom. The van der Waals surface area contributed by atoms with Crippen molar-refractivity contribution < 1.29 is 14.7 Å². The molecule has 138 valence electrons. The number of fused-ring (bicyclic) bond motifs is 1. The molecule has 0 aromatic heterocycles. The summed E-state index contributed by atoms with van der Waals surface area (Å²) in [5.41, 5.74) is 2.43. The van der Waals surface area contributed by atoms with E-state index in [4.69, 9.17) is 6.42 Å². The molecule has 0 spiro atoms. The van der Waals surface area contributed by atoms with Crippen LogP contribution in [0.25, 0.3) is 0 Å². The van der Waals surface area contributed by atoms with Crippen LogP contribution >= 0.6 is 15.9 Å². The molecule has 1 aliphatic heterocycles. The quantitative estimate of drug-likeness (QED) is 0.598. The number of hydrogen-bond acceptors (Lipinski definition) is 3. The number of rotatable bonds is 4. The SMILES string of the molecule is C#CCN1C(=O)[C@@](O)(CC(=O)c2cc(C)c(C)cc2C)c2cc(Br)ccc21. The van der Waals surface area contributed by atoms with Crippen LogP contribution in [0, 0.1) is 33.1 Å². The van der Waals surface area contributed by atoms with Crippen molar-refractivity contribution in [3.8, 4) is 12.3 Å². The van der Waals surface area contributed by atoms with Crippen LogP contribution in [0.4, 0.5) is 5.69 Å². The molecule has 1 aliphatic rings. The summed E-state index contributed by atoms with van der Waals surface area (Å²) in [6, 6.07) is 8.93. The van der Waals surface area contributed by atoms with Crippen molar-refractivity contribution >= 4 is 33.3 Å². The van der Waals surface area contributed by atoms with Crippen LogP contribution in [-0.2, 0) is 10.4 Å². The molecule has 0 aliphatic carbocycles. The number of nitrogens with zero attached hydrogens (tertiary/aromatic N) is 1. The number of carbonyl (C=O) groups is 2. The first-order chi connectivity index (χ1) is 12.7. The van der Waals surface area contributed by atoms with Gasteiger partial charge in [0.2, 0.25) is 0 Å². The highest BCUT2D eigenvalue weighted by molar-refractivity contribution is 9.10. The van der Waals surface area contributed by atoms with Crippen molar-refractivity contribution in [2.24, 2.45) is 0 Å². The highest BCUT2D eigenvalue weighted by Crippen LogP contribution is 2.44. The van der Waals surface area contributed by atoms with Crippen molar-refractivity contribution in [1.29, 1.82) is 0 Å². The van der Waals surface area contributed by atoms with Gasteiger partial charge in [0.15, 0.2) is 11.4 Å². The van der Waals surface area contributed by atoms with Gasteiger partial charge >= 0.3 is 0 Å². The summed E-state index contributed by atoms with van der Waals surface area (Å²) in [7, 11) is 0. The highest BCUT2D eigenvalue weighted by Gasteiger charge is 2.51. The number of terminal acetylenes is 1. The van der Waals surface area contributed by atoms with Gasteiger partial charge in [-0.25, -0.2) is 0 Å². The van der Waals surface area contributed by atoms with E-state index in [0.717, 1.165) is 16.7 Å². The summed E-state index contributed by atoms with van der Waals surface area (Å²) in [5, 5.41) is 11.3. The lowest BCUT2D eigenvalue weighted by molar-refractivity contribution is -0.135. The van der Waals surface area contributed by atoms with E-state index in [1.807, 2.05) is 32.9 Å². The molecule has 2 aromatic rings. The molecule has 2 aromatic carbocycles. The molecule has 4 nitrogen and oxygen atoms in total. The molecule has 0 unspecified atom stereocenters. The monoisotopic (exact) mass is 425 g/mol. The van der Waals surface area contributed by atoms with Crippen LogP contribution in [0.3, 0.4) is 0 Å². The number of benzene rings is 2. The average Bonchev–Trinajstić information content (AvgIpc) is 2.80. The van der Waals surface area contributed by atoms with Crippen molar-refractivity contribution in [2.75, 3.05) is 11.4 Å². The summed E-state index contributed by atoms with van der Waals surface area (Å²) in [6.45, 7) is 5.81. The number of amides is 1. The van der Waals surface area contributed by atoms with Gasteiger partial charge < -0.3 is 5.11 Å². The molecular weight excluding hydrogens is 406 g/mol. The predicted molar refractivity (Wildman–Crippen MR) is 109 cm³/mol. The van der Waals surface area contributed by atoms with Gasteiger partial charge in [-0.2, -0.15) is 0 Å². The molecule has 5 heteroatoms. The Bertz CT molecular complexity index is 1010. The fourth-order valence-corrected chi connectivity index (χ4v) is 3.89. The van der Waals surface area contributed by atoms with Crippen LogP contribution in [0.5, 0.6) is 0 Å². The third-order valence-corrected chi connectivity index (χ3v) is 5.59. The minimum Gasteiger partial charge on any atom is -0.375 e. The first-order valence-corrected chi connectivity index (χ1v) is 9.37. The van der Waals surface area contributed by atoms with Crippen molar-refractivity contribution in [1.82, 2.24) is 0 Å². The molecule has 0 saturated carbocycles. The summed E-state index contributed by atoms with van der Waals surface area (Å²) in [6.07, 6.45) is 5.05. The van der Waals surface area contributed by atoms with Crippen molar-refractivity contribution in [3.05, 3.63) is 62.6 Å². The molecule has 1 heterocycles. The Balaban J connectivity index is 2.05. The molecule has 1 amide bonds. The number of carbonyl (C=O) groups excluding carboxylic acids is 2. The fraction of sp³-hybridized carbons (Fsp3) is 0.273. The van der Waals surface area contributed by atoms with Gasteiger partial charge in [-0.1, -0.05) is 27.9 Å². The lowest BCUT2D eigenvalue weighted by Gasteiger charge is -2.22. The van der Waals surface area contributed by atoms with Crippen LogP contribution < -0.4 is 4.90 Å². The molecule has 0 bridgehead atoms. The second-order valence-electron chi connectivity index (χ2n) is 6.97. The van der Waals surface area contributed by atoms with E-state index in [1.54, 1.807) is 18.2 Å². The lowest BCUT2D eigenvalue weighted by atomic mass is 9.86. The van der Waals surface area contributed by atoms with Gasteiger partial charge in [-0.05, 0) is 61.7 Å². The van der Waals surface area contributed by atoms with E-state index < -0.39 is 11.5 Å². The Hall–Kier alpha value is -2.42. The van der Waals surface area contributed by atoms with Crippen LogP contribution in [0.1, 0.15) is 39.0 Å². The van der Waals surface area contributed by atoms with Gasteiger partial charge in [0.25, 0.3) is 5.91 Å². The topological polar surface area (TPSA) is 57.6 Å². The number of anilines is 1. The maximum Gasteiger partial charge on any atom is 0.265 e. The lowest BCUT2D eigenvalue weighted by Crippen LogP contribution is -2.42. The number of hydrogen-bond donors (Lipinski definition) is 1. The third kappa shape index (κ3) is 3.20. The summed E-state index contributed by atoms with van der Waals surface area (Å²) < 4.78 is 0.713. The molecule has 0 saturated heterocycles. The zero-order chi connectivity index (χ0) is 19.9. The average molecular weight is 426 g/mol. The smallest absolute Gasteiger partial charge is 0.265 e. The first kappa shape index (κ1) is 19.3. The van der Waals surface area contributed by atoms with Crippen molar-refractivity contribution in [2.45, 2.75) is 32.8 Å². The van der Waals surface area contributed by atoms with Gasteiger partial charge in [-0.3, -0.25) is 14.5 Å². The Labute approximate surface area is 167 Å². The number of halogens is 1. The van der Waals surface area contributed by atoms with E-state index >= 15 is 0 Å². The number of Topliss-reactive ketones (excluding diaryl/α,β-unsaturated/α-hetero) is 1. The number of ketones is 1. The van der Waals surface area contributed by atoms with Gasteiger partial charge in [0.1, 0.15) is 0 Å². The zero-order valence-electron chi connectivity index (χ0n) is 15.5. The Morgan fingerprint density at radius 2 is 1.85 bits per heavy atom. The molecule has 3 rings (SSSR count). The molecule has 0 fully saturated rings. The van der Waals surface area contributed by atoms with Crippen LogP contribution in [-0.4, -0.2) is 23.3 Å². The predicted octanol–water partition coefficient (Wildman–Crippen LogP) is 3.81. The maximum atomic E-state index is 13.0. The van der Waals surface area contributed by atoms with Gasteiger partial charge in [0, 0.05) is 15.6 Å². The largest absolute Gasteiger partial charge is 0.375 e. The Kier molecular flexibility index (Phi) is 4.98. The van der Waals surface area contributed by atoms with E-state index in [9.17, 15) is 14.7 Å². The molecule has 27 heavy (non-hydrogen) atoms. The van der Waals surface area contributed by atoms with Crippen LogP contribution in [0.2, 0.25) is 0 Å². The van der Waals surface area contributed by atoms with Crippen molar-refractivity contribution in [3.63, 3.8) is 0 Å². The number of aliphatic hydroxyl groups is 1. The summed E-state index contributed by atoms with van der Waals surface area (Å²) in [5.74, 6) is 1.59. The Morgan fingerprint density at radius 3 is 2.52 bits per heavy atom. The zero-order valence-corrected chi connectivity index (χ0v) is 17.1. The maximum absolute atomic E-state index is 13.0. The van der Waals surface area contributed by atoms with E-state index in [0.29, 0.717) is 21.3 Å². The molecule has 1 N–H and O–H groups in total. The highest BCUT2D eigenvalue weighted by atomic mass is 79.9. The fourth-order valence-electron chi connectivity index (χ4n) is 3.53. The first-order valence-electron chi connectivity index (χ1n) is 8.58.